The summed E-state index contributed by atoms with van der Waals surface area (Å²) in [4.78, 5) is 25.0. The number of ether oxygens (including phenoxy) is 2. The Kier molecular flexibility index (Phi) is 6.73. The van der Waals surface area contributed by atoms with E-state index in [0.717, 1.165) is 0 Å². The third-order valence-corrected chi connectivity index (χ3v) is 4.35. The van der Waals surface area contributed by atoms with Gasteiger partial charge in [0.15, 0.2) is 11.5 Å². The minimum Gasteiger partial charge on any atom is -0.493 e. The number of alkyl halides is 2. The van der Waals surface area contributed by atoms with E-state index < -0.39 is 12.6 Å². The molecule has 1 amide bonds. The van der Waals surface area contributed by atoms with Gasteiger partial charge in [-0.05, 0) is 37.6 Å². The molecule has 0 spiro atoms. The van der Waals surface area contributed by atoms with Gasteiger partial charge in [-0.15, -0.1) is 0 Å². The van der Waals surface area contributed by atoms with Crippen LogP contribution >= 0.6 is 0 Å². The molecule has 0 heterocycles. The number of hydrogen-bond donors (Lipinski definition) is 2. The second kappa shape index (κ2) is 8.79. The summed E-state index contributed by atoms with van der Waals surface area (Å²) in [6.45, 7) is -0.488. The molecule has 0 radical (unpaired) electrons. The van der Waals surface area contributed by atoms with Gasteiger partial charge in [0.05, 0.1) is 13.7 Å². The fraction of sp³-hybridized carbons (Fsp3) is 0.529. The van der Waals surface area contributed by atoms with Crippen molar-refractivity contribution in [3.05, 3.63) is 23.8 Å². The van der Waals surface area contributed by atoms with Gasteiger partial charge in [0.25, 0.3) is 5.91 Å². The number of carbonyl (C=O) groups excluding carboxylic acids is 1. The number of nitrogens with zero attached hydrogens (tertiary/aromatic N) is 1. The summed E-state index contributed by atoms with van der Waals surface area (Å²) in [5, 5.41) is 11.7. The van der Waals surface area contributed by atoms with Gasteiger partial charge in [0, 0.05) is 17.6 Å². The number of methoxy groups -OCH3 is 1. The highest BCUT2D eigenvalue weighted by atomic mass is 19.3. The number of carboxylic acid groups (broad SMARTS) is 1. The number of halogens is 2. The fourth-order valence-electron chi connectivity index (χ4n) is 2.95. The Morgan fingerprint density at radius 2 is 2.04 bits per heavy atom. The molecule has 1 saturated carbocycles. The molecule has 0 aromatic heterocycles. The van der Waals surface area contributed by atoms with Crippen LogP contribution in [0.4, 0.5) is 8.78 Å². The number of amides is 1. The molecule has 1 aliphatic carbocycles. The fourth-order valence-corrected chi connectivity index (χ4v) is 2.95. The number of hydrogen-bond acceptors (Lipinski definition) is 5. The van der Waals surface area contributed by atoms with Crippen LogP contribution in [0, 0.1) is 0 Å². The van der Waals surface area contributed by atoms with E-state index in [1.165, 1.54) is 25.3 Å². The molecule has 0 saturated heterocycles. The average Bonchev–Trinajstić information content (AvgIpc) is 2.55. The third-order valence-electron chi connectivity index (χ3n) is 4.35. The van der Waals surface area contributed by atoms with Gasteiger partial charge in [-0.2, -0.15) is 8.78 Å². The summed E-state index contributed by atoms with van der Waals surface area (Å²) in [6, 6.07) is 4.05. The van der Waals surface area contributed by atoms with Crippen LogP contribution in [0.1, 0.15) is 30.1 Å². The molecular formula is C17H22F2N2O5. The number of nitrogens with one attached hydrogen (secondary N) is 1. The molecule has 2 rings (SSSR count). The standard InChI is InChI=1S/C17H22F2N2O5/c1-3-21(9-15(22)23)12-7-11(8-12)20-16(24)10-4-5-13(26-17(18)19)14(6-10)25-2/h4-6,11-12,17H,3,7-9H2,1-2H3,(H,20,24)(H,22,23). The van der Waals surface area contributed by atoms with Crippen LogP contribution in [0.3, 0.4) is 0 Å². The Hall–Kier alpha value is -2.42. The number of aliphatic carboxylic acids is 1. The predicted molar refractivity (Wildman–Crippen MR) is 88.8 cm³/mol. The minimum atomic E-state index is -2.98. The van der Waals surface area contributed by atoms with Crippen molar-refractivity contribution >= 4 is 11.9 Å². The van der Waals surface area contributed by atoms with Gasteiger partial charge in [-0.1, -0.05) is 6.92 Å². The molecule has 7 nitrogen and oxygen atoms in total. The molecule has 0 aliphatic heterocycles. The highest BCUT2D eigenvalue weighted by Crippen LogP contribution is 2.30. The molecule has 144 valence electrons. The molecule has 1 aliphatic rings. The summed E-state index contributed by atoms with van der Waals surface area (Å²) in [5.41, 5.74) is 0.268. The van der Waals surface area contributed by atoms with E-state index in [9.17, 15) is 18.4 Å². The molecule has 0 bridgehead atoms. The van der Waals surface area contributed by atoms with Crippen LogP contribution in [0.25, 0.3) is 0 Å². The molecule has 2 N–H and O–H groups in total. The van der Waals surface area contributed by atoms with Crippen molar-refractivity contribution in [1.82, 2.24) is 10.2 Å². The number of likely N-dealkylation sites (N-methyl/N-ethyl adjacent to an activating group) is 1. The smallest absolute Gasteiger partial charge is 0.387 e. The minimum absolute atomic E-state index is 0.0232. The van der Waals surface area contributed by atoms with Gasteiger partial charge >= 0.3 is 12.6 Å². The van der Waals surface area contributed by atoms with Crippen LogP contribution in [-0.2, 0) is 4.79 Å². The highest BCUT2D eigenvalue weighted by molar-refractivity contribution is 5.95. The summed E-state index contributed by atoms with van der Waals surface area (Å²) >= 11 is 0. The SMILES string of the molecule is CCN(CC(=O)O)C1CC(NC(=O)c2ccc(OC(F)F)c(OC)c2)C1. The molecule has 0 atom stereocenters. The van der Waals surface area contributed by atoms with E-state index >= 15 is 0 Å². The lowest BCUT2D eigenvalue weighted by Gasteiger charge is -2.42. The Morgan fingerprint density at radius 1 is 1.35 bits per heavy atom. The van der Waals surface area contributed by atoms with Crippen molar-refractivity contribution in [2.45, 2.75) is 38.5 Å². The zero-order valence-electron chi connectivity index (χ0n) is 14.6. The van der Waals surface area contributed by atoms with Crippen molar-refractivity contribution in [2.24, 2.45) is 0 Å². The van der Waals surface area contributed by atoms with Crippen LogP contribution in [0.5, 0.6) is 11.5 Å². The van der Waals surface area contributed by atoms with Gasteiger partial charge in [0.1, 0.15) is 0 Å². The largest absolute Gasteiger partial charge is 0.493 e. The number of carbonyl (C=O) groups is 2. The van der Waals surface area contributed by atoms with Crippen molar-refractivity contribution in [1.29, 1.82) is 0 Å². The van der Waals surface area contributed by atoms with Crippen molar-refractivity contribution in [3.8, 4) is 11.5 Å². The molecule has 1 aromatic rings. The normalized spacial score (nSPS) is 19.2. The first-order valence-electron chi connectivity index (χ1n) is 8.23. The maximum atomic E-state index is 12.3. The number of rotatable bonds is 9. The van der Waals surface area contributed by atoms with Crippen LogP contribution in [0.2, 0.25) is 0 Å². The van der Waals surface area contributed by atoms with E-state index in [1.807, 2.05) is 11.8 Å². The lowest BCUT2D eigenvalue weighted by molar-refractivity contribution is -0.139. The van der Waals surface area contributed by atoms with E-state index in [0.29, 0.717) is 19.4 Å². The first-order chi connectivity index (χ1) is 12.3. The van der Waals surface area contributed by atoms with E-state index in [4.69, 9.17) is 9.84 Å². The number of benzene rings is 1. The van der Waals surface area contributed by atoms with E-state index in [1.54, 1.807) is 0 Å². The maximum absolute atomic E-state index is 12.3. The van der Waals surface area contributed by atoms with Gasteiger partial charge < -0.3 is 19.9 Å². The topological polar surface area (TPSA) is 88.1 Å². The summed E-state index contributed by atoms with van der Waals surface area (Å²) in [6.07, 6.45) is 1.33. The lowest BCUT2D eigenvalue weighted by atomic mass is 9.85. The van der Waals surface area contributed by atoms with Crippen LogP contribution < -0.4 is 14.8 Å². The highest BCUT2D eigenvalue weighted by Gasteiger charge is 2.34. The van der Waals surface area contributed by atoms with Gasteiger partial charge in [-0.25, -0.2) is 0 Å². The zero-order valence-corrected chi connectivity index (χ0v) is 14.6. The summed E-state index contributed by atoms with van der Waals surface area (Å²) < 4.78 is 34.0. The van der Waals surface area contributed by atoms with Gasteiger partial charge in [0.2, 0.25) is 0 Å². The van der Waals surface area contributed by atoms with E-state index in [-0.39, 0.29) is 41.6 Å². The van der Waals surface area contributed by atoms with Crippen LogP contribution in [-0.4, -0.2) is 60.8 Å². The quantitative estimate of drug-likeness (QED) is 0.689. The zero-order chi connectivity index (χ0) is 19.3. The molecule has 9 heteroatoms. The number of carboxylic acids is 1. The predicted octanol–water partition coefficient (Wildman–Crippen LogP) is 1.96. The van der Waals surface area contributed by atoms with Crippen molar-refractivity contribution in [3.63, 3.8) is 0 Å². The lowest BCUT2D eigenvalue weighted by Crippen LogP contribution is -2.54. The Balaban J connectivity index is 1.92. The Bertz CT molecular complexity index is 650. The second-order valence-corrected chi connectivity index (χ2v) is 6.00. The molecular weight excluding hydrogens is 350 g/mol. The van der Waals surface area contributed by atoms with Crippen LogP contribution in [0.15, 0.2) is 18.2 Å². The first kappa shape index (κ1) is 19.9. The molecule has 0 unspecified atom stereocenters. The first-order valence-corrected chi connectivity index (χ1v) is 8.23. The summed E-state index contributed by atoms with van der Waals surface area (Å²) in [7, 11) is 1.30. The monoisotopic (exact) mass is 372 g/mol. The molecule has 1 aromatic carbocycles. The Morgan fingerprint density at radius 3 is 2.58 bits per heavy atom. The average molecular weight is 372 g/mol. The summed E-state index contributed by atoms with van der Waals surface area (Å²) in [5.74, 6) is -1.33. The second-order valence-electron chi connectivity index (χ2n) is 6.00. The molecule has 26 heavy (non-hydrogen) atoms. The third kappa shape index (κ3) is 5.04. The van der Waals surface area contributed by atoms with E-state index in [2.05, 4.69) is 10.1 Å². The van der Waals surface area contributed by atoms with Crippen molar-refractivity contribution in [2.75, 3.05) is 20.2 Å². The maximum Gasteiger partial charge on any atom is 0.387 e. The van der Waals surface area contributed by atoms with Crippen molar-refractivity contribution < 1.29 is 33.0 Å². The Labute approximate surface area is 149 Å². The van der Waals surface area contributed by atoms with Gasteiger partial charge in [-0.3, -0.25) is 14.5 Å². The molecule has 1 fully saturated rings.